The van der Waals surface area contributed by atoms with Crippen molar-refractivity contribution in [1.29, 1.82) is 0 Å². The topological polar surface area (TPSA) is 70.0 Å². The van der Waals surface area contributed by atoms with Gasteiger partial charge in [-0.15, -0.1) is 0 Å². The highest BCUT2D eigenvalue weighted by molar-refractivity contribution is 6.06. The third kappa shape index (κ3) is 2.03. The molecule has 1 heterocycles. The SMILES string of the molecule is O=C(O)CN1C(=O)CCN=C2CC=CC=C21. The maximum absolute atomic E-state index is 11.7. The first-order valence-corrected chi connectivity index (χ1v) is 5.11. The van der Waals surface area contributed by atoms with Crippen LogP contribution in [0.25, 0.3) is 0 Å². The molecule has 1 amide bonds. The third-order valence-corrected chi connectivity index (χ3v) is 2.51. The molecule has 5 heteroatoms. The van der Waals surface area contributed by atoms with Gasteiger partial charge in [-0.25, -0.2) is 0 Å². The molecule has 1 aliphatic carbocycles. The number of nitrogens with zero attached hydrogens (tertiary/aromatic N) is 2. The fourth-order valence-corrected chi connectivity index (χ4v) is 1.80. The van der Waals surface area contributed by atoms with E-state index in [1.54, 1.807) is 6.08 Å². The van der Waals surface area contributed by atoms with Gasteiger partial charge in [-0.05, 0) is 6.08 Å². The number of hydrogen-bond acceptors (Lipinski definition) is 3. The lowest BCUT2D eigenvalue weighted by molar-refractivity contribution is -0.142. The second kappa shape index (κ2) is 4.30. The second-order valence-electron chi connectivity index (χ2n) is 3.64. The number of allylic oxidation sites excluding steroid dienone is 4. The number of amides is 1. The minimum atomic E-state index is -1.01. The number of aliphatic carboxylic acids is 1. The van der Waals surface area contributed by atoms with Crippen LogP contribution in [0.4, 0.5) is 0 Å². The normalized spacial score (nSPS) is 19.8. The van der Waals surface area contributed by atoms with E-state index >= 15 is 0 Å². The van der Waals surface area contributed by atoms with E-state index < -0.39 is 5.97 Å². The van der Waals surface area contributed by atoms with Crippen molar-refractivity contribution in [3.8, 4) is 0 Å². The van der Waals surface area contributed by atoms with E-state index in [0.29, 0.717) is 18.7 Å². The highest BCUT2D eigenvalue weighted by Crippen LogP contribution is 2.18. The zero-order valence-electron chi connectivity index (χ0n) is 8.72. The van der Waals surface area contributed by atoms with Gasteiger partial charge in [0.05, 0.1) is 11.4 Å². The molecule has 0 aromatic carbocycles. The summed E-state index contributed by atoms with van der Waals surface area (Å²) in [7, 11) is 0. The Hall–Kier alpha value is -1.91. The van der Waals surface area contributed by atoms with Crippen molar-refractivity contribution >= 4 is 17.6 Å². The first-order valence-electron chi connectivity index (χ1n) is 5.11. The Bertz CT molecular complexity index is 421. The number of hydrogen-bond donors (Lipinski definition) is 1. The Morgan fingerprint density at radius 1 is 1.56 bits per heavy atom. The molecule has 5 nitrogen and oxygen atoms in total. The second-order valence-corrected chi connectivity index (χ2v) is 3.64. The van der Waals surface area contributed by atoms with Crippen molar-refractivity contribution in [3.05, 3.63) is 23.9 Å². The average Bonchev–Trinajstić information content (AvgIpc) is 2.40. The number of carboxylic acids is 1. The summed E-state index contributed by atoms with van der Waals surface area (Å²) in [5.41, 5.74) is 1.43. The predicted octanol–water partition coefficient (Wildman–Crippen LogP) is 0.588. The summed E-state index contributed by atoms with van der Waals surface area (Å²) in [5, 5.41) is 8.79. The predicted molar refractivity (Wildman–Crippen MR) is 58.1 cm³/mol. The van der Waals surface area contributed by atoms with E-state index in [0.717, 1.165) is 5.71 Å². The quantitative estimate of drug-likeness (QED) is 0.740. The maximum atomic E-state index is 11.7. The van der Waals surface area contributed by atoms with Crippen LogP contribution in [-0.2, 0) is 9.59 Å². The summed E-state index contributed by atoms with van der Waals surface area (Å²) in [4.78, 5) is 28.0. The van der Waals surface area contributed by atoms with E-state index in [9.17, 15) is 9.59 Å². The summed E-state index contributed by atoms with van der Waals surface area (Å²) in [6.45, 7) is 0.146. The first-order chi connectivity index (χ1) is 7.68. The molecular weight excluding hydrogens is 208 g/mol. The van der Waals surface area contributed by atoms with E-state index in [4.69, 9.17) is 5.11 Å². The van der Waals surface area contributed by atoms with Gasteiger partial charge in [0.15, 0.2) is 0 Å². The molecule has 0 bridgehead atoms. The summed E-state index contributed by atoms with van der Waals surface area (Å²) in [6, 6.07) is 0. The fraction of sp³-hybridized carbons (Fsp3) is 0.364. The van der Waals surface area contributed by atoms with Crippen LogP contribution in [0.3, 0.4) is 0 Å². The molecule has 0 atom stereocenters. The van der Waals surface area contributed by atoms with Gasteiger partial charge < -0.3 is 5.11 Å². The van der Waals surface area contributed by atoms with E-state index in [1.807, 2.05) is 12.2 Å². The molecule has 84 valence electrons. The van der Waals surface area contributed by atoms with Gasteiger partial charge >= 0.3 is 5.97 Å². The molecule has 0 saturated heterocycles. The van der Waals surface area contributed by atoms with E-state index in [-0.39, 0.29) is 18.9 Å². The number of aliphatic imine (C=N–C) groups is 1. The Morgan fingerprint density at radius 3 is 3.12 bits per heavy atom. The van der Waals surface area contributed by atoms with Crippen LogP contribution in [-0.4, -0.2) is 40.7 Å². The maximum Gasteiger partial charge on any atom is 0.323 e. The number of carbonyl (C=O) groups excluding carboxylic acids is 1. The van der Waals surface area contributed by atoms with E-state index in [1.165, 1.54) is 4.90 Å². The smallest absolute Gasteiger partial charge is 0.323 e. The molecule has 2 rings (SSSR count). The molecule has 1 aliphatic heterocycles. The van der Waals surface area contributed by atoms with Crippen molar-refractivity contribution in [3.63, 3.8) is 0 Å². The Labute approximate surface area is 92.8 Å². The molecule has 0 unspecified atom stereocenters. The van der Waals surface area contributed by atoms with Crippen molar-refractivity contribution in [2.75, 3.05) is 13.1 Å². The van der Waals surface area contributed by atoms with Crippen LogP contribution >= 0.6 is 0 Å². The van der Waals surface area contributed by atoms with Crippen molar-refractivity contribution in [2.24, 2.45) is 4.99 Å². The molecule has 1 N–H and O–H groups in total. The van der Waals surface area contributed by atoms with Crippen LogP contribution in [0.15, 0.2) is 28.9 Å². The molecule has 0 spiro atoms. The van der Waals surface area contributed by atoms with Crippen molar-refractivity contribution in [1.82, 2.24) is 4.90 Å². The van der Waals surface area contributed by atoms with Crippen molar-refractivity contribution < 1.29 is 14.7 Å². The molecule has 0 fully saturated rings. The molecule has 0 radical (unpaired) electrons. The van der Waals surface area contributed by atoms with Crippen LogP contribution in [0.1, 0.15) is 12.8 Å². The lowest BCUT2D eigenvalue weighted by Crippen LogP contribution is -2.36. The summed E-state index contributed by atoms with van der Waals surface area (Å²) >= 11 is 0. The molecule has 16 heavy (non-hydrogen) atoms. The molecule has 0 saturated carbocycles. The number of carboxylic acid groups (broad SMARTS) is 1. The zero-order chi connectivity index (χ0) is 11.5. The van der Waals surface area contributed by atoms with Crippen LogP contribution in [0.2, 0.25) is 0 Å². The number of rotatable bonds is 2. The highest BCUT2D eigenvalue weighted by Gasteiger charge is 2.26. The van der Waals surface area contributed by atoms with Gasteiger partial charge in [0, 0.05) is 19.4 Å². The third-order valence-electron chi connectivity index (χ3n) is 2.51. The van der Waals surface area contributed by atoms with Gasteiger partial charge in [0.2, 0.25) is 5.91 Å². The first kappa shape index (κ1) is 10.6. The van der Waals surface area contributed by atoms with Gasteiger partial charge in [-0.3, -0.25) is 19.5 Å². The molecule has 0 aromatic rings. The standard InChI is InChI=1S/C11H12N2O3/c14-10-5-6-12-8-3-1-2-4-9(8)13(10)7-11(15)16/h1-2,4H,3,5-7H2,(H,15,16). The minimum Gasteiger partial charge on any atom is -0.480 e. The number of carbonyl (C=O) groups is 2. The monoisotopic (exact) mass is 220 g/mol. The van der Waals surface area contributed by atoms with Gasteiger partial charge in [-0.1, -0.05) is 12.2 Å². The summed E-state index contributed by atoms with van der Waals surface area (Å²) in [5.74, 6) is -1.19. The van der Waals surface area contributed by atoms with Gasteiger partial charge in [-0.2, -0.15) is 0 Å². The van der Waals surface area contributed by atoms with Crippen LogP contribution < -0.4 is 0 Å². The Kier molecular flexibility index (Phi) is 2.85. The Balaban J connectivity index is 2.33. The van der Waals surface area contributed by atoms with Gasteiger partial charge in [0.25, 0.3) is 0 Å². The zero-order valence-corrected chi connectivity index (χ0v) is 8.72. The summed E-state index contributed by atoms with van der Waals surface area (Å²) in [6.07, 6.45) is 6.44. The Morgan fingerprint density at radius 2 is 2.38 bits per heavy atom. The highest BCUT2D eigenvalue weighted by atomic mass is 16.4. The van der Waals surface area contributed by atoms with Crippen LogP contribution in [0, 0.1) is 0 Å². The fourth-order valence-electron chi connectivity index (χ4n) is 1.80. The minimum absolute atomic E-state index is 0.178. The average molecular weight is 220 g/mol. The van der Waals surface area contributed by atoms with E-state index in [2.05, 4.69) is 4.99 Å². The largest absolute Gasteiger partial charge is 0.480 e. The van der Waals surface area contributed by atoms with Crippen molar-refractivity contribution in [2.45, 2.75) is 12.8 Å². The lowest BCUT2D eigenvalue weighted by atomic mass is 10.1. The van der Waals surface area contributed by atoms with Crippen LogP contribution in [0.5, 0.6) is 0 Å². The molecule has 0 aromatic heterocycles. The molecular formula is C11H12N2O3. The number of fused-ring (bicyclic) bond motifs is 1. The van der Waals surface area contributed by atoms with Gasteiger partial charge in [0.1, 0.15) is 6.54 Å². The summed E-state index contributed by atoms with van der Waals surface area (Å²) < 4.78 is 0. The molecule has 2 aliphatic rings. The lowest BCUT2D eigenvalue weighted by Gasteiger charge is -2.23.